The van der Waals surface area contributed by atoms with E-state index in [9.17, 15) is 18.4 Å². The lowest BCUT2D eigenvalue weighted by atomic mass is 10.1. The predicted octanol–water partition coefficient (Wildman–Crippen LogP) is 4.18. The van der Waals surface area contributed by atoms with E-state index in [1.165, 1.54) is 31.2 Å². The number of nitrogens with one attached hydrogen (secondary N) is 1. The molecule has 2 aromatic rings. The van der Waals surface area contributed by atoms with E-state index >= 15 is 0 Å². The van der Waals surface area contributed by atoms with E-state index in [0.29, 0.717) is 11.3 Å². The molecule has 0 heterocycles. The molecule has 0 saturated carbocycles. The Kier molecular flexibility index (Phi) is 4.47. The summed E-state index contributed by atoms with van der Waals surface area (Å²) in [5.74, 6) is -2.93. The molecule has 0 aliphatic rings. The number of benzene rings is 2. The van der Waals surface area contributed by atoms with Crippen LogP contribution in [0.3, 0.4) is 0 Å². The van der Waals surface area contributed by atoms with Crippen molar-refractivity contribution in [2.24, 2.45) is 0 Å². The Labute approximate surface area is 128 Å². The lowest BCUT2D eigenvalue weighted by molar-refractivity contribution is 0.101. The van der Waals surface area contributed by atoms with Gasteiger partial charge in [-0.15, -0.1) is 0 Å². The van der Waals surface area contributed by atoms with Gasteiger partial charge in [0.2, 0.25) is 0 Å². The molecule has 0 spiro atoms. The lowest BCUT2D eigenvalue weighted by Crippen LogP contribution is -2.16. The highest BCUT2D eigenvalue weighted by Crippen LogP contribution is 2.21. The molecule has 3 nitrogen and oxygen atoms in total. The summed E-state index contributed by atoms with van der Waals surface area (Å²) in [5, 5.41) is 2.38. The summed E-state index contributed by atoms with van der Waals surface area (Å²) in [6.45, 7) is 1.42. The molecule has 0 radical (unpaired) electrons. The van der Waals surface area contributed by atoms with Gasteiger partial charge >= 0.3 is 0 Å². The minimum Gasteiger partial charge on any atom is -0.322 e. The normalized spacial score (nSPS) is 10.3. The van der Waals surface area contributed by atoms with Crippen LogP contribution >= 0.6 is 15.9 Å². The van der Waals surface area contributed by atoms with Crippen molar-refractivity contribution in [3.05, 3.63) is 63.6 Å². The van der Waals surface area contributed by atoms with Crippen LogP contribution in [0.15, 0.2) is 40.9 Å². The van der Waals surface area contributed by atoms with Crippen LogP contribution in [0.2, 0.25) is 0 Å². The molecule has 0 aliphatic heterocycles. The van der Waals surface area contributed by atoms with E-state index < -0.39 is 23.1 Å². The summed E-state index contributed by atoms with van der Waals surface area (Å²) >= 11 is 2.94. The van der Waals surface area contributed by atoms with Crippen LogP contribution in [-0.2, 0) is 0 Å². The number of halogens is 3. The summed E-state index contributed by atoms with van der Waals surface area (Å²) in [5.41, 5.74) is 0.162. The van der Waals surface area contributed by atoms with Crippen LogP contribution in [0, 0.1) is 11.6 Å². The molecular weight excluding hydrogens is 344 g/mol. The molecule has 108 valence electrons. The third kappa shape index (κ3) is 3.52. The van der Waals surface area contributed by atoms with Crippen molar-refractivity contribution in [3.63, 3.8) is 0 Å². The van der Waals surface area contributed by atoms with Crippen molar-refractivity contribution >= 4 is 33.3 Å². The van der Waals surface area contributed by atoms with E-state index in [0.717, 1.165) is 12.1 Å². The summed E-state index contributed by atoms with van der Waals surface area (Å²) in [4.78, 5) is 23.0. The third-order valence-electron chi connectivity index (χ3n) is 2.78. The molecule has 0 fully saturated rings. The van der Waals surface area contributed by atoms with Crippen molar-refractivity contribution in [2.75, 3.05) is 5.32 Å². The van der Waals surface area contributed by atoms with Gasteiger partial charge in [0.25, 0.3) is 5.91 Å². The number of anilines is 1. The van der Waals surface area contributed by atoms with Crippen molar-refractivity contribution in [1.82, 2.24) is 0 Å². The van der Waals surface area contributed by atoms with Gasteiger partial charge in [-0.1, -0.05) is 15.9 Å². The second kappa shape index (κ2) is 6.13. The highest BCUT2D eigenvalue weighted by Gasteiger charge is 2.18. The van der Waals surface area contributed by atoms with Gasteiger partial charge in [-0.2, -0.15) is 0 Å². The van der Waals surface area contributed by atoms with Gasteiger partial charge < -0.3 is 5.32 Å². The number of hydrogen-bond acceptors (Lipinski definition) is 2. The molecule has 2 aromatic carbocycles. The van der Waals surface area contributed by atoms with Crippen LogP contribution in [0.25, 0.3) is 0 Å². The predicted molar refractivity (Wildman–Crippen MR) is 78.5 cm³/mol. The number of Topliss-reactive ketones (excluding diaryl/α,β-unsaturated/α-hetero) is 1. The molecule has 1 N–H and O–H groups in total. The number of rotatable bonds is 3. The Balaban J connectivity index is 2.24. The first kappa shape index (κ1) is 15.3. The van der Waals surface area contributed by atoms with Gasteiger partial charge in [-0.25, -0.2) is 8.78 Å². The fraction of sp³-hybridized carbons (Fsp3) is 0.0667. The maximum atomic E-state index is 13.7. The van der Waals surface area contributed by atoms with Crippen molar-refractivity contribution in [1.29, 1.82) is 0 Å². The minimum atomic E-state index is -0.959. The summed E-state index contributed by atoms with van der Waals surface area (Å²) in [7, 11) is 0. The largest absolute Gasteiger partial charge is 0.322 e. The molecule has 0 aromatic heterocycles. The van der Waals surface area contributed by atoms with Crippen molar-refractivity contribution in [3.8, 4) is 0 Å². The molecule has 21 heavy (non-hydrogen) atoms. The monoisotopic (exact) mass is 353 g/mol. The van der Waals surface area contributed by atoms with Gasteiger partial charge in [-0.05, 0) is 43.3 Å². The third-order valence-corrected chi connectivity index (χ3v) is 3.24. The molecule has 0 saturated heterocycles. The molecule has 6 heteroatoms. The maximum Gasteiger partial charge on any atom is 0.261 e. The first-order valence-electron chi connectivity index (χ1n) is 5.95. The van der Waals surface area contributed by atoms with Gasteiger partial charge in [0, 0.05) is 15.7 Å². The number of carbonyl (C=O) groups excluding carboxylic acids is 2. The quantitative estimate of drug-likeness (QED) is 0.841. The number of ketones is 1. The minimum absolute atomic E-state index is 0.113. The van der Waals surface area contributed by atoms with Gasteiger partial charge in [0.05, 0.1) is 0 Å². The standard InChI is InChI=1S/C15H10BrF2NO2/c1-8(20)9-2-4-11(5-3-9)19-15(21)14-12(17)6-10(16)7-13(14)18/h2-7H,1H3,(H,19,21). The van der Waals surface area contributed by atoms with E-state index in [4.69, 9.17) is 0 Å². The van der Waals surface area contributed by atoms with Gasteiger partial charge in [-0.3, -0.25) is 9.59 Å². The number of amides is 1. The fourth-order valence-corrected chi connectivity index (χ4v) is 2.14. The second-order valence-electron chi connectivity index (χ2n) is 4.33. The van der Waals surface area contributed by atoms with E-state index in [-0.39, 0.29) is 10.3 Å². The van der Waals surface area contributed by atoms with Gasteiger partial charge in [0.15, 0.2) is 5.78 Å². The van der Waals surface area contributed by atoms with Gasteiger partial charge in [0.1, 0.15) is 17.2 Å². The SMILES string of the molecule is CC(=O)c1ccc(NC(=O)c2c(F)cc(Br)cc2F)cc1. The maximum absolute atomic E-state index is 13.7. The van der Waals surface area contributed by atoms with Crippen LogP contribution in [-0.4, -0.2) is 11.7 Å². The zero-order valence-corrected chi connectivity index (χ0v) is 12.5. The summed E-state index contributed by atoms with van der Waals surface area (Å²) in [6.07, 6.45) is 0. The molecule has 0 aliphatic carbocycles. The Morgan fingerprint density at radius 3 is 2.05 bits per heavy atom. The average Bonchev–Trinajstić information content (AvgIpc) is 2.37. The highest BCUT2D eigenvalue weighted by atomic mass is 79.9. The Morgan fingerprint density at radius 1 is 1.05 bits per heavy atom. The Bertz CT molecular complexity index is 691. The smallest absolute Gasteiger partial charge is 0.261 e. The molecule has 2 rings (SSSR count). The zero-order valence-electron chi connectivity index (χ0n) is 10.9. The lowest BCUT2D eigenvalue weighted by Gasteiger charge is -2.08. The molecule has 0 atom stereocenters. The second-order valence-corrected chi connectivity index (χ2v) is 5.25. The molecule has 0 unspecified atom stereocenters. The first-order valence-corrected chi connectivity index (χ1v) is 6.74. The van der Waals surface area contributed by atoms with Crippen molar-refractivity contribution < 1.29 is 18.4 Å². The molecule has 1 amide bonds. The van der Waals surface area contributed by atoms with E-state index in [1.54, 1.807) is 0 Å². The number of hydrogen-bond donors (Lipinski definition) is 1. The van der Waals surface area contributed by atoms with Crippen LogP contribution < -0.4 is 5.32 Å². The average molecular weight is 354 g/mol. The topological polar surface area (TPSA) is 46.2 Å². The zero-order chi connectivity index (χ0) is 15.6. The fourth-order valence-electron chi connectivity index (χ4n) is 1.74. The molecular formula is C15H10BrF2NO2. The first-order chi connectivity index (χ1) is 9.88. The van der Waals surface area contributed by atoms with E-state index in [2.05, 4.69) is 21.2 Å². The summed E-state index contributed by atoms with van der Waals surface area (Å²) < 4.78 is 27.5. The van der Waals surface area contributed by atoms with Crippen molar-refractivity contribution in [2.45, 2.75) is 6.92 Å². The summed E-state index contributed by atoms with van der Waals surface area (Å²) in [6, 6.07) is 8.04. The molecule has 0 bridgehead atoms. The Morgan fingerprint density at radius 2 is 1.57 bits per heavy atom. The van der Waals surface area contributed by atoms with Crippen LogP contribution in [0.5, 0.6) is 0 Å². The Hall–Kier alpha value is -2.08. The van der Waals surface area contributed by atoms with Crippen LogP contribution in [0.1, 0.15) is 27.6 Å². The van der Waals surface area contributed by atoms with Crippen LogP contribution in [0.4, 0.5) is 14.5 Å². The number of carbonyl (C=O) groups is 2. The highest BCUT2D eigenvalue weighted by molar-refractivity contribution is 9.10. The van der Waals surface area contributed by atoms with E-state index in [1.807, 2.05) is 0 Å².